The number of halogens is 1. The average Bonchev–Trinajstić information content (AvgIpc) is 2.97. The number of benzene rings is 2. The van der Waals surface area contributed by atoms with Crippen molar-refractivity contribution in [2.75, 3.05) is 11.1 Å². The number of aromatic nitrogens is 2. The highest BCUT2D eigenvalue weighted by Crippen LogP contribution is 2.21. The summed E-state index contributed by atoms with van der Waals surface area (Å²) in [5, 5.41) is 12.1. The lowest BCUT2D eigenvalue weighted by Crippen LogP contribution is -2.14. The van der Waals surface area contributed by atoms with E-state index in [1.165, 1.54) is 48.2 Å². The number of anilines is 1. The Bertz CT molecular complexity index is 909. The maximum Gasteiger partial charge on any atom is 0.335 e. The molecular formula is C16H12FN3O3S. The molecule has 0 bridgehead atoms. The molecule has 8 heteroatoms. The summed E-state index contributed by atoms with van der Waals surface area (Å²) < 4.78 is 12.8. The van der Waals surface area contributed by atoms with Gasteiger partial charge >= 0.3 is 5.97 Å². The molecule has 1 aromatic heterocycles. The third-order valence-corrected chi connectivity index (χ3v) is 4.05. The second-order valence-electron chi connectivity index (χ2n) is 4.92. The van der Waals surface area contributed by atoms with E-state index in [1.807, 2.05) is 0 Å². The van der Waals surface area contributed by atoms with Gasteiger partial charge < -0.3 is 15.4 Å². The van der Waals surface area contributed by atoms with Gasteiger partial charge in [-0.25, -0.2) is 14.2 Å². The number of rotatable bonds is 5. The van der Waals surface area contributed by atoms with Crippen LogP contribution in [0.3, 0.4) is 0 Å². The molecule has 0 aliphatic heterocycles. The van der Waals surface area contributed by atoms with Gasteiger partial charge in [-0.15, -0.1) is 0 Å². The van der Waals surface area contributed by atoms with Crippen LogP contribution in [0.25, 0.3) is 11.0 Å². The van der Waals surface area contributed by atoms with Crippen molar-refractivity contribution in [2.45, 2.75) is 5.16 Å². The van der Waals surface area contributed by atoms with E-state index in [4.69, 9.17) is 5.11 Å². The lowest BCUT2D eigenvalue weighted by molar-refractivity contribution is -0.113. The van der Waals surface area contributed by atoms with E-state index in [-0.39, 0.29) is 23.0 Å². The Labute approximate surface area is 140 Å². The van der Waals surface area contributed by atoms with E-state index in [0.29, 0.717) is 21.9 Å². The number of fused-ring (bicyclic) bond motifs is 1. The van der Waals surface area contributed by atoms with Crippen LogP contribution in [-0.2, 0) is 4.79 Å². The van der Waals surface area contributed by atoms with Crippen molar-refractivity contribution in [3.63, 3.8) is 0 Å². The first kappa shape index (κ1) is 16.0. The van der Waals surface area contributed by atoms with Crippen LogP contribution in [0.4, 0.5) is 10.1 Å². The van der Waals surface area contributed by atoms with Gasteiger partial charge in [0.15, 0.2) is 5.16 Å². The number of thioether (sulfide) groups is 1. The van der Waals surface area contributed by atoms with Crippen LogP contribution < -0.4 is 5.32 Å². The zero-order valence-corrected chi connectivity index (χ0v) is 13.1. The molecule has 0 atom stereocenters. The lowest BCUT2D eigenvalue weighted by Gasteiger charge is -2.03. The maximum absolute atomic E-state index is 12.8. The Morgan fingerprint density at radius 1 is 1.21 bits per heavy atom. The number of aromatic carboxylic acids is 1. The van der Waals surface area contributed by atoms with E-state index in [0.717, 1.165) is 0 Å². The third-order valence-electron chi connectivity index (χ3n) is 3.18. The van der Waals surface area contributed by atoms with Gasteiger partial charge in [-0.2, -0.15) is 0 Å². The fraction of sp³-hybridized carbons (Fsp3) is 0.0625. The fourth-order valence-electron chi connectivity index (χ4n) is 2.05. The second-order valence-corrected chi connectivity index (χ2v) is 5.89. The second kappa shape index (κ2) is 6.71. The number of aromatic amines is 1. The van der Waals surface area contributed by atoms with Gasteiger partial charge in [0.1, 0.15) is 5.82 Å². The minimum absolute atomic E-state index is 0.114. The summed E-state index contributed by atoms with van der Waals surface area (Å²) in [6.07, 6.45) is 0. The highest BCUT2D eigenvalue weighted by Gasteiger charge is 2.10. The number of carbonyl (C=O) groups excluding carboxylic acids is 1. The maximum atomic E-state index is 12.8. The van der Waals surface area contributed by atoms with Crippen LogP contribution in [0, 0.1) is 5.82 Å². The molecule has 0 radical (unpaired) electrons. The largest absolute Gasteiger partial charge is 0.478 e. The number of amides is 1. The van der Waals surface area contributed by atoms with Crippen LogP contribution >= 0.6 is 11.8 Å². The standard InChI is InChI=1S/C16H12FN3O3S/c17-10-2-4-11(5-3-10)18-14(21)8-24-16-19-12-6-1-9(15(22)23)7-13(12)20-16/h1-7H,8H2,(H,18,21)(H,19,20)(H,22,23). The quantitative estimate of drug-likeness (QED) is 0.618. The molecule has 0 aliphatic rings. The fourth-order valence-corrected chi connectivity index (χ4v) is 2.74. The molecule has 0 saturated heterocycles. The number of carboxylic acids is 1. The molecule has 3 aromatic rings. The molecule has 3 N–H and O–H groups in total. The van der Waals surface area contributed by atoms with Gasteiger partial charge in [-0.05, 0) is 42.5 Å². The Hall–Kier alpha value is -2.87. The lowest BCUT2D eigenvalue weighted by atomic mass is 10.2. The van der Waals surface area contributed by atoms with Crippen molar-refractivity contribution >= 4 is 40.4 Å². The van der Waals surface area contributed by atoms with Crippen molar-refractivity contribution < 1.29 is 19.1 Å². The smallest absolute Gasteiger partial charge is 0.335 e. The number of imidazole rings is 1. The predicted octanol–water partition coefficient (Wildman–Crippen LogP) is 3.13. The Morgan fingerprint density at radius 2 is 1.96 bits per heavy atom. The van der Waals surface area contributed by atoms with E-state index < -0.39 is 5.97 Å². The minimum atomic E-state index is -1.01. The molecule has 0 saturated carbocycles. The van der Waals surface area contributed by atoms with Crippen LogP contribution in [0.15, 0.2) is 47.6 Å². The number of nitrogens with one attached hydrogen (secondary N) is 2. The van der Waals surface area contributed by atoms with E-state index in [9.17, 15) is 14.0 Å². The number of carboxylic acid groups (broad SMARTS) is 1. The van der Waals surface area contributed by atoms with Crippen molar-refractivity contribution in [1.29, 1.82) is 0 Å². The van der Waals surface area contributed by atoms with Crippen molar-refractivity contribution in [3.05, 3.63) is 53.8 Å². The topological polar surface area (TPSA) is 95.1 Å². The molecule has 6 nitrogen and oxygen atoms in total. The summed E-state index contributed by atoms with van der Waals surface area (Å²) >= 11 is 1.19. The molecule has 122 valence electrons. The Morgan fingerprint density at radius 3 is 2.67 bits per heavy atom. The normalized spacial score (nSPS) is 10.7. The monoisotopic (exact) mass is 345 g/mol. The minimum Gasteiger partial charge on any atom is -0.478 e. The summed E-state index contributed by atoms with van der Waals surface area (Å²) in [7, 11) is 0. The average molecular weight is 345 g/mol. The molecule has 0 aliphatic carbocycles. The third kappa shape index (κ3) is 3.72. The first-order valence-corrected chi connectivity index (χ1v) is 7.91. The molecule has 1 heterocycles. The van der Waals surface area contributed by atoms with Gasteiger partial charge in [0.25, 0.3) is 0 Å². The molecule has 2 aromatic carbocycles. The van der Waals surface area contributed by atoms with Gasteiger partial charge in [-0.1, -0.05) is 11.8 Å². The predicted molar refractivity (Wildman–Crippen MR) is 88.8 cm³/mol. The van der Waals surface area contributed by atoms with Crippen LogP contribution in [-0.4, -0.2) is 32.7 Å². The Balaban J connectivity index is 1.63. The number of H-pyrrole nitrogens is 1. The zero-order valence-electron chi connectivity index (χ0n) is 12.2. The van der Waals surface area contributed by atoms with E-state index in [2.05, 4.69) is 15.3 Å². The number of hydrogen-bond donors (Lipinski definition) is 3. The molecule has 0 spiro atoms. The summed E-state index contributed by atoms with van der Waals surface area (Å²) in [5.74, 6) is -1.52. The van der Waals surface area contributed by atoms with Crippen molar-refractivity contribution in [2.24, 2.45) is 0 Å². The number of carbonyl (C=O) groups is 2. The van der Waals surface area contributed by atoms with Crippen LogP contribution in [0.2, 0.25) is 0 Å². The van der Waals surface area contributed by atoms with E-state index in [1.54, 1.807) is 6.07 Å². The van der Waals surface area contributed by atoms with E-state index >= 15 is 0 Å². The molecule has 0 unspecified atom stereocenters. The summed E-state index contributed by atoms with van der Waals surface area (Å²) in [5.41, 5.74) is 1.90. The molecule has 3 rings (SSSR count). The SMILES string of the molecule is O=C(CSc1nc2ccc(C(=O)O)cc2[nH]1)Nc1ccc(F)cc1. The van der Waals surface area contributed by atoms with Gasteiger partial charge in [0.2, 0.25) is 5.91 Å². The molecule has 0 fully saturated rings. The number of hydrogen-bond acceptors (Lipinski definition) is 4. The Kier molecular flexibility index (Phi) is 4.48. The van der Waals surface area contributed by atoms with Gasteiger partial charge in [-0.3, -0.25) is 4.79 Å². The summed E-state index contributed by atoms with van der Waals surface area (Å²) in [6, 6.07) is 10.1. The molecule has 24 heavy (non-hydrogen) atoms. The first-order chi connectivity index (χ1) is 11.5. The van der Waals surface area contributed by atoms with Crippen molar-refractivity contribution in [1.82, 2.24) is 9.97 Å². The highest BCUT2D eigenvalue weighted by atomic mass is 32.2. The summed E-state index contributed by atoms with van der Waals surface area (Å²) in [6.45, 7) is 0. The highest BCUT2D eigenvalue weighted by molar-refractivity contribution is 7.99. The van der Waals surface area contributed by atoms with Gasteiger partial charge in [0.05, 0.1) is 22.3 Å². The molecular weight excluding hydrogens is 333 g/mol. The van der Waals surface area contributed by atoms with Crippen LogP contribution in [0.5, 0.6) is 0 Å². The van der Waals surface area contributed by atoms with Crippen LogP contribution in [0.1, 0.15) is 10.4 Å². The number of nitrogens with zero attached hydrogens (tertiary/aromatic N) is 1. The first-order valence-electron chi connectivity index (χ1n) is 6.92. The zero-order chi connectivity index (χ0) is 17.1. The molecule has 1 amide bonds. The van der Waals surface area contributed by atoms with Gasteiger partial charge in [0, 0.05) is 5.69 Å². The van der Waals surface area contributed by atoms with Crippen molar-refractivity contribution in [3.8, 4) is 0 Å². The summed E-state index contributed by atoms with van der Waals surface area (Å²) in [4.78, 5) is 30.1.